The van der Waals surface area contributed by atoms with E-state index in [1.165, 1.54) is 64.0 Å². The molecule has 0 spiro atoms. The van der Waals surface area contributed by atoms with E-state index in [4.69, 9.17) is 0 Å². The first kappa shape index (κ1) is 12.2. The van der Waals surface area contributed by atoms with Gasteiger partial charge in [0.25, 0.3) is 0 Å². The van der Waals surface area contributed by atoms with Gasteiger partial charge < -0.3 is 4.90 Å². The minimum absolute atomic E-state index is 0.875. The summed E-state index contributed by atoms with van der Waals surface area (Å²) in [5.74, 6) is 0. The topological polar surface area (TPSA) is 6.48 Å². The number of hydrogen-bond donors (Lipinski definition) is 0. The number of piperidine rings is 1. The van der Waals surface area contributed by atoms with Gasteiger partial charge in [0.1, 0.15) is 0 Å². The maximum Gasteiger partial charge on any atom is 0.0120 e. The fraction of sp³-hybridized carbons (Fsp3) is 0.625. The first-order valence-electron chi connectivity index (χ1n) is 7.42. The highest BCUT2D eigenvalue weighted by molar-refractivity contribution is 5.14. The predicted molar refractivity (Wildman–Crippen MR) is 75.8 cm³/mol. The van der Waals surface area contributed by atoms with Crippen molar-refractivity contribution in [2.45, 2.75) is 31.7 Å². The molecule has 4 rings (SSSR count). The third kappa shape index (κ3) is 2.93. The zero-order valence-corrected chi connectivity index (χ0v) is 11.2. The molecule has 2 heteroatoms. The Bertz CT molecular complexity index is 355. The number of fused-ring (bicyclic) bond motifs is 4. The zero-order chi connectivity index (χ0) is 12.2. The minimum Gasteiger partial charge on any atom is -0.302 e. The van der Waals surface area contributed by atoms with E-state index in [2.05, 4.69) is 40.1 Å². The van der Waals surface area contributed by atoms with Crippen LogP contribution >= 0.6 is 0 Å². The van der Waals surface area contributed by atoms with Crippen LogP contribution < -0.4 is 0 Å². The number of aryl methyl sites for hydroxylation is 1. The molecule has 3 aliphatic rings. The van der Waals surface area contributed by atoms with Crippen molar-refractivity contribution >= 4 is 0 Å². The molecule has 0 aliphatic carbocycles. The van der Waals surface area contributed by atoms with Crippen molar-refractivity contribution in [3.05, 3.63) is 35.9 Å². The second-order valence-electron chi connectivity index (χ2n) is 5.70. The zero-order valence-electron chi connectivity index (χ0n) is 11.2. The monoisotopic (exact) mass is 244 g/mol. The van der Waals surface area contributed by atoms with Crippen molar-refractivity contribution in [2.75, 3.05) is 32.7 Å². The van der Waals surface area contributed by atoms with Gasteiger partial charge in [-0.3, -0.25) is 4.90 Å². The largest absolute Gasteiger partial charge is 0.302 e. The standard InChI is InChI=1S/C16H24N2/c1-2-5-15(6-3-1)7-4-10-18-14-13-17-11-8-16(18)9-12-17/h1-3,5-6,16H,4,7-14H2. The maximum atomic E-state index is 2.75. The van der Waals surface area contributed by atoms with Gasteiger partial charge in [-0.1, -0.05) is 30.3 Å². The summed E-state index contributed by atoms with van der Waals surface area (Å²) in [5, 5.41) is 0. The first-order chi connectivity index (χ1) is 8.92. The molecule has 0 N–H and O–H groups in total. The van der Waals surface area contributed by atoms with Crippen LogP contribution in [0.15, 0.2) is 30.3 Å². The Hall–Kier alpha value is -0.860. The molecule has 0 aromatic heterocycles. The Morgan fingerprint density at radius 3 is 2.50 bits per heavy atom. The lowest BCUT2D eigenvalue weighted by Gasteiger charge is -2.31. The predicted octanol–water partition coefficient (Wildman–Crippen LogP) is 2.40. The van der Waals surface area contributed by atoms with Gasteiger partial charge in [0.2, 0.25) is 0 Å². The second-order valence-corrected chi connectivity index (χ2v) is 5.70. The van der Waals surface area contributed by atoms with Gasteiger partial charge in [0.05, 0.1) is 0 Å². The summed E-state index contributed by atoms with van der Waals surface area (Å²) in [6.45, 7) is 6.54. The van der Waals surface area contributed by atoms with E-state index in [0.717, 1.165) is 6.04 Å². The molecule has 1 aromatic rings. The summed E-state index contributed by atoms with van der Waals surface area (Å²) >= 11 is 0. The molecular formula is C16H24N2. The molecule has 3 saturated heterocycles. The number of benzene rings is 1. The molecule has 2 bridgehead atoms. The van der Waals surface area contributed by atoms with E-state index in [0.29, 0.717) is 0 Å². The highest BCUT2D eigenvalue weighted by atomic mass is 15.3. The highest BCUT2D eigenvalue weighted by Crippen LogP contribution is 2.21. The van der Waals surface area contributed by atoms with Crippen LogP contribution in [-0.2, 0) is 6.42 Å². The maximum absolute atomic E-state index is 2.75. The van der Waals surface area contributed by atoms with Gasteiger partial charge in [0.15, 0.2) is 0 Å². The fourth-order valence-electron chi connectivity index (χ4n) is 3.39. The van der Waals surface area contributed by atoms with Crippen molar-refractivity contribution in [3.8, 4) is 0 Å². The molecule has 0 atom stereocenters. The molecule has 3 fully saturated rings. The fourth-order valence-corrected chi connectivity index (χ4v) is 3.39. The first-order valence-corrected chi connectivity index (χ1v) is 7.42. The number of hydrogen-bond acceptors (Lipinski definition) is 2. The van der Waals surface area contributed by atoms with Crippen LogP contribution in [0.1, 0.15) is 24.8 Å². The van der Waals surface area contributed by atoms with Crippen LogP contribution in [0.2, 0.25) is 0 Å². The van der Waals surface area contributed by atoms with Crippen molar-refractivity contribution in [3.63, 3.8) is 0 Å². The Kier molecular flexibility index (Phi) is 3.96. The molecule has 18 heavy (non-hydrogen) atoms. The summed E-state index contributed by atoms with van der Waals surface area (Å²) in [5.41, 5.74) is 1.49. The van der Waals surface area contributed by atoms with Crippen LogP contribution in [0.3, 0.4) is 0 Å². The molecule has 0 amide bonds. The molecule has 98 valence electrons. The highest BCUT2D eigenvalue weighted by Gasteiger charge is 2.28. The van der Waals surface area contributed by atoms with Crippen molar-refractivity contribution < 1.29 is 0 Å². The van der Waals surface area contributed by atoms with Crippen molar-refractivity contribution in [1.82, 2.24) is 9.80 Å². The van der Waals surface area contributed by atoms with E-state index in [1.807, 2.05) is 0 Å². The van der Waals surface area contributed by atoms with E-state index < -0.39 is 0 Å². The average Bonchev–Trinajstić information content (AvgIpc) is 2.74. The van der Waals surface area contributed by atoms with Crippen LogP contribution in [0.4, 0.5) is 0 Å². The van der Waals surface area contributed by atoms with Crippen LogP contribution in [0, 0.1) is 0 Å². The second kappa shape index (κ2) is 5.85. The summed E-state index contributed by atoms with van der Waals surface area (Å²) in [4.78, 5) is 5.38. The lowest BCUT2D eigenvalue weighted by atomic mass is 10.0. The van der Waals surface area contributed by atoms with Crippen molar-refractivity contribution in [2.24, 2.45) is 0 Å². The molecular weight excluding hydrogens is 220 g/mol. The molecule has 0 radical (unpaired) electrons. The summed E-state index contributed by atoms with van der Waals surface area (Å²) in [6, 6.07) is 11.8. The quantitative estimate of drug-likeness (QED) is 0.802. The lowest BCUT2D eigenvalue weighted by molar-refractivity contribution is 0.181. The van der Waals surface area contributed by atoms with Crippen LogP contribution in [-0.4, -0.2) is 48.6 Å². The van der Waals surface area contributed by atoms with Gasteiger partial charge in [-0.05, 0) is 50.9 Å². The Labute approximate surface area is 111 Å². The molecule has 3 aliphatic heterocycles. The molecule has 2 nitrogen and oxygen atoms in total. The van der Waals surface area contributed by atoms with Gasteiger partial charge >= 0.3 is 0 Å². The summed E-state index contributed by atoms with van der Waals surface area (Å²) in [6.07, 6.45) is 5.32. The number of nitrogens with zero attached hydrogens (tertiary/aromatic N) is 2. The molecule has 0 saturated carbocycles. The van der Waals surface area contributed by atoms with E-state index in [9.17, 15) is 0 Å². The summed E-state index contributed by atoms with van der Waals surface area (Å²) < 4.78 is 0. The van der Waals surface area contributed by atoms with E-state index in [1.54, 1.807) is 0 Å². The molecule has 3 heterocycles. The van der Waals surface area contributed by atoms with Gasteiger partial charge in [0, 0.05) is 19.1 Å². The number of rotatable bonds is 4. The normalized spacial score (nSPS) is 28.2. The average molecular weight is 244 g/mol. The van der Waals surface area contributed by atoms with Gasteiger partial charge in [-0.2, -0.15) is 0 Å². The van der Waals surface area contributed by atoms with Gasteiger partial charge in [-0.15, -0.1) is 0 Å². The molecule has 0 unspecified atom stereocenters. The Morgan fingerprint density at radius 1 is 0.944 bits per heavy atom. The van der Waals surface area contributed by atoms with E-state index in [-0.39, 0.29) is 0 Å². The van der Waals surface area contributed by atoms with E-state index >= 15 is 0 Å². The van der Waals surface area contributed by atoms with Gasteiger partial charge in [-0.25, -0.2) is 0 Å². The Morgan fingerprint density at radius 2 is 1.72 bits per heavy atom. The minimum atomic E-state index is 0.875. The third-order valence-corrected chi connectivity index (χ3v) is 4.53. The SMILES string of the molecule is c1ccc(CCCN2CCN3CCC2CC3)cc1. The van der Waals surface area contributed by atoms with Crippen LogP contribution in [0.5, 0.6) is 0 Å². The smallest absolute Gasteiger partial charge is 0.0120 e. The lowest BCUT2D eigenvalue weighted by Crippen LogP contribution is -2.38. The van der Waals surface area contributed by atoms with Crippen molar-refractivity contribution in [1.29, 1.82) is 0 Å². The Balaban J connectivity index is 1.48. The van der Waals surface area contributed by atoms with Crippen LogP contribution in [0.25, 0.3) is 0 Å². The molecule has 1 aromatic carbocycles. The third-order valence-electron chi connectivity index (χ3n) is 4.53. The summed E-state index contributed by atoms with van der Waals surface area (Å²) in [7, 11) is 0.